The molecule has 2 unspecified atom stereocenters. The van der Waals surface area contributed by atoms with E-state index in [1.165, 1.54) is 12.8 Å². The van der Waals surface area contributed by atoms with E-state index < -0.39 is 0 Å². The lowest BCUT2D eigenvalue weighted by Gasteiger charge is -2.37. The highest BCUT2D eigenvalue weighted by Crippen LogP contribution is 2.21. The molecule has 90 valence electrons. The molecule has 4 nitrogen and oxygen atoms in total. The van der Waals surface area contributed by atoms with Gasteiger partial charge >= 0.3 is 0 Å². The van der Waals surface area contributed by atoms with Crippen molar-refractivity contribution in [1.29, 1.82) is 0 Å². The molecule has 0 radical (unpaired) electrons. The second-order valence-electron chi connectivity index (χ2n) is 4.73. The molecular formula is C12H21N3O. The van der Waals surface area contributed by atoms with Crippen LogP contribution in [0.2, 0.25) is 0 Å². The van der Waals surface area contributed by atoms with Crippen LogP contribution in [0.25, 0.3) is 0 Å². The van der Waals surface area contributed by atoms with Crippen molar-refractivity contribution in [3.05, 3.63) is 18.2 Å². The van der Waals surface area contributed by atoms with Crippen LogP contribution in [0.1, 0.15) is 32.0 Å². The minimum absolute atomic E-state index is 0.249. The number of nitrogens with zero attached hydrogens (tertiary/aromatic N) is 3. The van der Waals surface area contributed by atoms with Crippen LogP contribution in [-0.2, 0) is 13.6 Å². The normalized spacial score (nSPS) is 24.6. The molecule has 0 bridgehead atoms. The number of imidazole rings is 1. The summed E-state index contributed by atoms with van der Waals surface area (Å²) in [5, 5.41) is 9.78. The minimum Gasteiger partial charge on any atom is -0.392 e. The van der Waals surface area contributed by atoms with E-state index in [0.717, 1.165) is 25.3 Å². The highest BCUT2D eigenvalue weighted by atomic mass is 16.3. The zero-order valence-electron chi connectivity index (χ0n) is 10.1. The molecule has 1 aliphatic rings. The van der Waals surface area contributed by atoms with Gasteiger partial charge in [-0.25, -0.2) is 4.98 Å². The summed E-state index contributed by atoms with van der Waals surface area (Å²) in [6, 6.07) is 0.297. The van der Waals surface area contributed by atoms with Gasteiger partial charge in [0.05, 0.1) is 12.6 Å². The molecule has 0 aromatic carbocycles. The Kier molecular flexibility index (Phi) is 3.61. The molecule has 0 spiro atoms. The van der Waals surface area contributed by atoms with Gasteiger partial charge in [0.15, 0.2) is 0 Å². The van der Waals surface area contributed by atoms with Gasteiger partial charge in [-0.3, -0.25) is 4.90 Å². The minimum atomic E-state index is -0.249. The van der Waals surface area contributed by atoms with Gasteiger partial charge in [0.25, 0.3) is 0 Å². The van der Waals surface area contributed by atoms with Crippen molar-refractivity contribution in [1.82, 2.24) is 14.5 Å². The van der Waals surface area contributed by atoms with Gasteiger partial charge in [-0.2, -0.15) is 0 Å². The van der Waals surface area contributed by atoms with Crippen molar-refractivity contribution in [2.75, 3.05) is 6.54 Å². The predicted molar refractivity (Wildman–Crippen MR) is 62.9 cm³/mol. The van der Waals surface area contributed by atoms with Gasteiger partial charge in [-0.05, 0) is 26.3 Å². The van der Waals surface area contributed by atoms with Crippen molar-refractivity contribution in [2.24, 2.45) is 7.05 Å². The van der Waals surface area contributed by atoms with Gasteiger partial charge in [-0.1, -0.05) is 6.42 Å². The van der Waals surface area contributed by atoms with E-state index in [-0.39, 0.29) is 6.10 Å². The molecule has 1 fully saturated rings. The summed E-state index contributed by atoms with van der Waals surface area (Å²) in [7, 11) is 2.02. The van der Waals surface area contributed by atoms with Crippen LogP contribution in [0, 0.1) is 0 Å². The largest absolute Gasteiger partial charge is 0.392 e. The molecule has 16 heavy (non-hydrogen) atoms. The lowest BCUT2D eigenvalue weighted by Crippen LogP contribution is -2.45. The fourth-order valence-electron chi connectivity index (χ4n) is 2.49. The summed E-state index contributed by atoms with van der Waals surface area (Å²) in [6.07, 6.45) is 7.11. The van der Waals surface area contributed by atoms with Crippen LogP contribution in [-0.4, -0.2) is 38.2 Å². The maximum atomic E-state index is 9.78. The smallest absolute Gasteiger partial charge is 0.122 e. The van der Waals surface area contributed by atoms with Crippen LogP contribution in [0.5, 0.6) is 0 Å². The first-order valence-corrected chi connectivity index (χ1v) is 6.07. The van der Waals surface area contributed by atoms with E-state index in [1.807, 2.05) is 30.9 Å². The van der Waals surface area contributed by atoms with Crippen molar-refractivity contribution >= 4 is 0 Å². The third-order valence-electron chi connectivity index (χ3n) is 3.49. The monoisotopic (exact) mass is 223 g/mol. The summed E-state index contributed by atoms with van der Waals surface area (Å²) in [4.78, 5) is 6.70. The zero-order valence-corrected chi connectivity index (χ0v) is 10.1. The molecule has 2 heterocycles. The van der Waals surface area contributed by atoms with Crippen LogP contribution >= 0.6 is 0 Å². The summed E-state index contributed by atoms with van der Waals surface area (Å²) >= 11 is 0. The average Bonchev–Trinajstić information content (AvgIpc) is 2.65. The topological polar surface area (TPSA) is 41.3 Å². The van der Waals surface area contributed by atoms with Crippen LogP contribution in [0.15, 0.2) is 12.4 Å². The SMILES string of the molecule is CC(O)C1CCCCN1Cc1nccn1C. The summed E-state index contributed by atoms with van der Waals surface area (Å²) in [5.41, 5.74) is 0. The van der Waals surface area contributed by atoms with Crippen molar-refractivity contribution < 1.29 is 5.11 Å². The number of aliphatic hydroxyl groups is 1. The van der Waals surface area contributed by atoms with E-state index in [4.69, 9.17) is 0 Å². The number of aromatic nitrogens is 2. The third kappa shape index (κ3) is 2.44. The van der Waals surface area contributed by atoms with E-state index in [2.05, 4.69) is 9.88 Å². The second-order valence-corrected chi connectivity index (χ2v) is 4.73. The lowest BCUT2D eigenvalue weighted by atomic mass is 9.98. The molecule has 0 aliphatic carbocycles. The van der Waals surface area contributed by atoms with Crippen molar-refractivity contribution in [3.63, 3.8) is 0 Å². The number of aryl methyl sites for hydroxylation is 1. The Bertz CT molecular complexity index is 335. The average molecular weight is 223 g/mol. The summed E-state index contributed by atoms with van der Waals surface area (Å²) in [6.45, 7) is 3.81. The molecule has 2 atom stereocenters. The maximum absolute atomic E-state index is 9.78. The highest BCUT2D eigenvalue weighted by Gasteiger charge is 2.26. The van der Waals surface area contributed by atoms with E-state index >= 15 is 0 Å². The van der Waals surface area contributed by atoms with E-state index in [1.54, 1.807) is 0 Å². The molecular weight excluding hydrogens is 202 g/mol. The molecule has 0 saturated carbocycles. The Hall–Kier alpha value is -0.870. The van der Waals surface area contributed by atoms with E-state index in [9.17, 15) is 5.11 Å². The number of hydrogen-bond donors (Lipinski definition) is 1. The Labute approximate surface area is 96.9 Å². The quantitative estimate of drug-likeness (QED) is 0.836. The standard InChI is InChI=1S/C12H21N3O/c1-10(16)11-5-3-4-7-15(11)9-12-13-6-8-14(12)2/h6,8,10-11,16H,3-5,7,9H2,1-2H3. The second kappa shape index (κ2) is 4.97. The Morgan fingerprint density at radius 2 is 2.38 bits per heavy atom. The number of aliphatic hydroxyl groups excluding tert-OH is 1. The molecule has 1 aromatic heterocycles. The van der Waals surface area contributed by atoms with Crippen LogP contribution in [0.3, 0.4) is 0 Å². The number of hydrogen-bond acceptors (Lipinski definition) is 3. The lowest BCUT2D eigenvalue weighted by molar-refractivity contribution is 0.0297. The fraction of sp³-hybridized carbons (Fsp3) is 0.750. The van der Waals surface area contributed by atoms with Crippen LogP contribution < -0.4 is 0 Å². The van der Waals surface area contributed by atoms with Crippen molar-refractivity contribution in [2.45, 2.75) is 44.9 Å². The molecule has 1 aliphatic heterocycles. The van der Waals surface area contributed by atoms with Gasteiger partial charge < -0.3 is 9.67 Å². The zero-order chi connectivity index (χ0) is 11.5. The van der Waals surface area contributed by atoms with E-state index in [0.29, 0.717) is 6.04 Å². The Morgan fingerprint density at radius 1 is 1.56 bits per heavy atom. The fourth-order valence-corrected chi connectivity index (χ4v) is 2.49. The summed E-state index contributed by atoms with van der Waals surface area (Å²) < 4.78 is 2.05. The maximum Gasteiger partial charge on any atom is 0.122 e. The highest BCUT2D eigenvalue weighted by molar-refractivity contribution is 4.93. The molecule has 1 saturated heterocycles. The van der Waals surface area contributed by atoms with Gasteiger partial charge in [0.1, 0.15) is 5.82 Å². The third-order valence-corrected chi connectivity index (χ3v) is 3.49. The number of piperidine rings is 1. The molecule has 4 heteroatoms. The molecule has 2 rings (SSSR count). The van der Waals surface area contributed by atoms with Crippen LogP contribution in [0.4, 0.5) is 0 Å². The number of rotatable bonds is 3. The predicted octanol–water partition coefficient (Wildman–Crippen LogP) is 1.16. The van der Waals surface area contributed by atoms with Gasteiger partial charge in [0.2, 0.25) is 0 Å². The molecule has 1 aromatic rings. The first kappa shape index (κ1) is 11.6. The molecule has 0 amide bonds. The van der Waals surface area contributed by atoms with Gasteiger partial charge in [0, 0.05) is 25.5 Å². The Balaban J connectivity index is 2.04. The first-order chi connectivity index (χ1) is 7.68. The Morgan fingerprint density at radius 3 is 3.00 bits per heavy atom. The van der Waals surface area contributed by atoms with Gasteiger partial charge in [-0.15, -0.1) is 0 Å². The summed E-state index contributed by atoms with van der Waals surface area (Å²) in [5.74, 6) is 1.08. The number of likely N-dealkylation sites (tertiary alicyclic amines) is 1. The molecule has 1 N–H and O–H groups in total. The first-order valence-electron chi connectivity index (χ1n) is 6.07. The van der Waals surface area contributed by atoms with Crippen molar-refractivity contribution in [3.8, 4) is 0 Å².